The number of hydrogen-bond donors (Lipinski definition) is 1. The molecule has 0 aliphatic carbocycles. The second-order valence-corrected chi connectivity index (χ2v) is 8.23. The summed E-state index contributed by atoms with van der Waals surface area (Å²) >= 11 is 0. The molecule has 160 valence electrons. The van der Waals surface area contributed by atoms with Gasteiger partial charge in [0.15, 0.2) is 0 Å². The average Bonchev–Trinajstić information content (AvgIpc) is 3.20. The van der Waals surface area contributed by atoms with Gasteiger partial charge in [-0.25, -0.2) is 0 Å². The number of rotatable bonds is 6. The second-order valence-electron chi connectivity index (χ2n) is 8.23. The molecule has 32 heavy (non-hydrogen) atoms. The molecule has 0 saturated carbocycles. The molecule has 1 aliphatic heterocycles. The first-order chi connectivity index (χ1) is 15.7. The van der Waals surface area contributed by atoms with E-state index in [0.717, 1.165) is 35.1 Å². The Balaban J connectivity index is 1.47. The fourth-order valence-corrected chi connectivity index (χ4v) is 4.65. The highest BCUT2D eigenvalue weighted by molar-refractivity contribution is 6.02. The van der Waals surface area contributed by atoms with Crippen LogP contribution in [0.15, 0.2) is 97.2 Å². The Hall–Kier alpha value is -3.63. The Labute approximate surface area is 188 Å². The zero-order valence-electron chi connectivity index (χ0n) is 17.9. The molecule has 0 radical (unpaired) electrons. The number of fused-ring (bicyclic) bond motifs is 1. The molecule has 4 heteroatoms. The normalized spacial score (nSPS) is 15.1. The lowest BCUT2D eigenvalue weighted by Gasteiger charge is -2.33. The maximum atomic E-state index is 13.1. The number of aliphatic hydroxyl groups is 1. The van der Waals surface area contributed by atoms with Crippen molar-refractivity contribution in [1.29, 1.82) is 0 Å². The van der Waals surface area contributed by atoms with Crippen LogP contribution in [0.4, 0.5) is 0 Å². The summed E-state index contributed by atoms with van der Waals surface area (Å²) in [5.74, 6) is -0.0472. The molecule has 1 aromatic heterocycles. The number of aromatic nitrogens is 1. The Morgan fingerprint density at radius 1 is 0.875 bits per heavy atom. The molecule has 0 saturated heterocycles. The number of carbonyl (C=O) groups excluding carboxylic acids is 1. The number of nitrogens with zero attached hydrogens (tertiary/aromatic N) is 2. The van der Waals surface area contributed by atoms with Crippen LogP contribution in [0.2, 0.25) is 0 Å². The van der Waals surface area contributed by atoms with E-state index >= 15 is 0 Å². The van der Waals surface area contributed by atoms with E-state index in [0.29, 0.717) is 6.54 Å². The molecule has 4 aromatic rings. The number of benzene rings is 3. The maximum Gasteiger partial charge on any atom is 0.247 e. The molecule has 0 unspecified atom stereocenters. The molecule has 0 fully saturated rings. The minimum absolute atomic E-state index is 0.0472. The van der Waals surface area contributed by atoms with Crippen molar-refractivity contribution in [3.63, 3.8) is 0 Å². The van der Waals surface area contributed by atoms with E-state index in [2.05, 4.69) is 53.2 Å². The van der Waals surface area contributed by atoms with Gasteiger partial charge in [0.2, 0.25) is 5.91 Å². The number of para-hydroxylation sites is 1. The third-order valence-corrected chi connectivity index (χ3v) is 6.27. The summed E-state index contributed by atoms with van der Waals surface area (Å²) in [5, 5.41) is 11.2. The van der Waals surface area contributed by atoms with Gasteiger partial charge in [0, 0.05) is 41.8 Å². The smallest absolute Gasteiger partial charge is 0.247 e. The van der Waals surface area contributed by atoms with E-state index in [9.17, 15) is 9.90 Å². The SMILES string of the molecule is O=C1C=C(c2cn(Cc3ccccc3)c3ccccc23)CCN1[C@@H](CO)c1ccccc1. The van der Waals surface area contributed by atoms with Gasteiger partial charge >= 0.3 is 0 Å². The van der Waals surface area contributed by atoms with Crippen LogP contribution >= 0.6 is 0 Å². The molecule has 1 amide bonds. The molecule has 4 nitrogen and oxygen atoms in total. The molecule has 5 rings (SSSR count). The van der Waals surface area contributed by atoms with Crippen LogP contribution < -0.4 is 0 Å². The summed E-state index contributed by atoms with van der Waals surface area (Å²) in [6, 6.07) is 28.2. The summed E-state index contributed by atoms with van der Waals surface area (Å²) in [6.45, 7) is 1.29. The van der Waals surface area contributed by atoms with Crippen molar-refractivity contribution in [1.82, 2.24) is 9.47 Å². The quantitative estimate of drug-likeness (QED) is 0.473. The number of hydrogen-bond acceptors (Lipinski definition) is 2. The van der Waals surface area contributed by atoms with E-state index in [1.165, 1.54) is 11.1 Å². The van der Waals surface area contributed by atoms with Gasteiger partial charge < -0.3 is 14.6 Å². The molecular formula is C28H26N2O2. The summed E-state index contributed by atoms with van der Waals surface area (Å²) in [7, 11) is 0. The van der Waals surface area contributed by atoms with E-state index in [1.807, 2.05) is 42.5 Å². The lowest BCUT2D eigenvalue weighted by molar-refractivity contribution is -0.129. The van der Waals surface area contributed by atoms with Crippen molar-refractivity contribution in [3.8, 4) is 0 Å². The van der Waals surface area contributed by atoms with Crippen molar-refractivity contribution in [2.75, 3.05) is 13.2 Å². The Morgan fingerprint density at radius 2 is 1.56 bits per heavy atom. The third kappa shape index (κ3) is 3.85. The molecule has 0 spiro atoms. The minimum Gasteiger partial charge on any atom is -0.394 e. The topological polar surface area (TPSA) is 45.5 Å². The van der Waals surface area contributed by atoms with E-state index in [4.69, 9.17) is 0 Å². The minimum atomic E-state index is -0.319. The van der Waals surface area contributed by atoms with Gasteiger partial charge in [0.25, 0.3) is 0 Å². The zero-order valence-corrected chi connectivity index (χ0v) is 17.9. The van der Waals surface area contributed by atoms with Crippen molar-refractivity contribution in [2.45, 2.75) is 19.0 Å². The lowest BCUT2D eigenvalue weighted by Crippen LogP contribution is -2.38. The summed E-state index contributed by atoms with van der Waals surface area (Å²) < 4.78 is 2.26. The molecular weight excluding hydrogens is 396 g/mol. The van der Waals surface area contributed by atoms with Crippen LogP contribution in [-0.4, -0.2) is 33.6 Å². The zero-order chi connectivity index (χ0) is 21.9. The monoisotopic (exact) mass is 422 g/mol. The van der Waals surface area contributed by atoms with Crippen LogP contribution in [0.3, 0.4) is 0 Å². The Morgan fingerprint density at radius 3 is 2.28 bits per heavy atom. The predicted molar refractivity (Wildman–Crippen MR) is 128 cm³/mol. The number of amides is 1. The largest absolute Gasteiger partial charge is 0.394 e. The van der Waals surface area contributed by atoms with Gasteiger partial charge in [-0.1, -0.05) is 78.9 Å². The fraction of sp³-hybridized carbons (Fsp3) is 0.179. The summed E-state index contributed by atoms with van der Waals surface area (Å²) in [5.41, 5.74) is 5.54. The van der Waals surface area contributed by atoms with Gasteiger partial charge in [-0.2, -0.15) is 0 Å². The second kappa shape index (κ2) is 8.85. The summed E-state index contributed by atoms with van der Waals surface area (Å²) in [6.07, 6.45) is 4.69. The van der Waals surface area contributed by atoms with Crippen LogP contribution in [-0.2, 0) is 11.3 Å². The molecule has 1 atom stereocenters. The van der Waals surface area contributed by atoms with E-state index < -0.39 is 0 Å². The highest BCUT2D eigenvalue weighted by Gasteiger charge is 2.28. The first-order valence-electron chi connectivity index (χ1n) is 11.0. The molecule has 2 heterocycles. The van der Waals surface area contributed by atoms with Gasteiger partial charge in [0.1, 0.15) is 0 Å². The lowest BCUT2D eigenvalue weighted by atomic mass is 9.96. The van der Waals surface area contributed by atoms with Crippen LogP contribution in [0.5, 0.6) is 0 Å². The summed E-state index contributed by atoms with van der Waals surface area (Å²) in [4.78, 5) is 14.9. The predicted octanol–water partition coefficient (Wildman–Crippen LogP) is 5.04. The highest BCUT2D eigenvalue weighted by Crippen LogP contribution is 2.34. The highest BCUT2D eigenvalue weighted by atomic mass is 16.3. The first kappa shape index (κ1) is 20.3. The van der Waals surface area contributed by atoms with Gasteiger partial charge in [-0.15, -0.1) is 0 Å². The van der Waals surface area contributed by atoms with Crippen LogP contribution in [0.1, 0.15) is 29.2 Å². The van der Waals surface area contributed by atoms with Crippen LogP contribution in [0.25, 0.3) is 16.5 Å². The Bertz CT molecular complexity index is 1260. The van der Waals surface area contributed by atoms with Crippen LogP contribution in [0, 0.1) is 0 Å². The van der Waals surface area contributed by atoms with Gasteiger partial charge in [-0.3, -0.25) is 4.79 Å². The van der Waals surface area contributed by atoms with Crippen molar-refractivity contribution < 1.29 is 9.90 Å². The van der Waals surface area contributed by atoms with E-state index in [-0.39, 0.29) is 18.6 Å². The van der Waals surface area contributed by atoms with Crippen molar-refractivity contribution in [2.24, 2.45) is 0 Å². The molecule has 0 bridgehead atoms. The average molecular weight is 423 g/mol. The number of aliphatic hydroxyl groups excluding tert-OH is 1. The molecule has 3 aromatic carbocycles. The maximum absolute atomic E-state index is 13.1. The van der Waals surface area contributed by atoms with Crippen molar-refractivity contribution in [3.05, 3.63) is 114 Å². The number of carbonyl (C=O) groups is 1. The van der Waals surface area contributed by atoms with Gasteiger partial charge in [0.05, 0.1) is 12.6 Å². The molecule has 1 aliphatic rings. The Kier molecular flexibility index (Phi) is 5.61. The third-order valence-electron chi connectivity index (χ3n) is 6.27. The standard InChI is InChI=1S/C28H26N2O2/c31-20-27(22-11-5-2-6-12-22)30-16-15-23(17-28(30)32)25-19-29(18-21-9-3-1-4-10-21)26-14-8-7-13-24(25)26/h1-14,17,19,27,31H,15-16,18,20H2/t27-/m0/s1. The van der Waals surface area contributed by atoms with Crippen molar-refractivity contribution >= 4 is 22.4 Å². The molecule has 1 N–H and O–H groups in total. The van der Waals surface area contributed by atoms with Gasteiger partial charge in [-0.05, 0) is 29.2 Å². The first-order valence-corrected chi connectivity index (χ1v) is 11.0. The van der Waals surface area contributed by atoms with E-state index in [1.54, 1.807) is 11.0 Å². The fourth-order valence-electron chi connectivity index (χ4n) is 4.65.